The summed E-state index contributed by atoms with van der Waals surface area (Å²) < 4.78 is 0. The molecule has 0 amide bonds. The van der Waals surface area contributed by atoms with E-state index in [2.05, 4.69) is 24.0 Å². The van der Waals surface area contributed by atoms with Gasteiger partial charge in [-0.2, -0.15) is 0 Å². The predicted octanol–water partition coefficient (Wildman–Crippen LogP) is 5.35. The van der Waals surface area contributed by atoms with Gasteiger partial charge in [-0.3, -0.25) is 10.1 Å². The largest absolute Gasteiger partial charge is 0.481 e. The average molecular weight is 312 g/mol. The molecule has 0 heterocycles. The first-order chi connectivity index (χ1) is 10.7. The quantitative estimate of drug-likeness (QED) is 0.185. The highest BCUT2D eigenvalue weighted by Crippen LogP contribution is 2.08. The van der Waals surface area contributed by atoms with Crippen LogP contribution in [0.5, 0.6) is 0 Å². The van der Waals surface area contributed by atoms with Gasteiger partial charge in [0.15, 0.2) is 0 Å². The monoisotopic (exact) mass is 312 g/mol. The van der Waals surface area contributed by atoms with Crippen LogP contribution in [0.3, 0.4) is 0 Å². The number of unbranched alkanes of at least 4 members (excludes halogenated alkanes) is 7. The summed E-state index contributed by atoms with van der Waals surface area (Å²) in [6.45, 7) is 2.19. The number of carboxylic acids is 1. The lowest BCUT2D eigenvalue weighted by Gasteiger charge is -2.05. The molecule has 128 valence electrons. The molecular weight excluding hydrogens is 280 g/mol. The van der Waals surface area contributed by atoms with E-state index < -0.39 is 5.97 Å². The van der Waals surface area contributed by atoms with E-state index in [9.17, 15) is 4.79 Å². The fourth-order valence-corrected chi connectivity index (χ4v) is 2.16. The Morgan fingerprint density at radius 1 is 1.00 bits per heavy atom. The Hall–Kier alpha value is -1.13. The van der Waals surface area contributed by atoms with Gasteiger partial charge in [-0.25, -0.2) is 4.89 Å². The van der Waals surface area contributed by atoms with Crippen molar-refractivity contribution in [3.63, 3.8) is 0 Å². The molecule has 0 saturated heterocycles. The zero-order chi connectivity index (χ0) is 16.5. The van der Waals surface area contributed by atoms with Crippen LogP contribution in [0.1, 0.15) is 77.6 Å². The van der Waals surface area contributed by atoms with Crippen molar-refractivity contribution in [1.29, 1.82) is 0 Å². The number of carbonyl (C=O) groups is 1. The fourth-order valence-electron chi connectivity index (χ4n) is 2.16. The number of hydrogen-bond acceptors (Lipinski definition) is 3. The standard InChI is InChI=1S/C18H32O4/c1-2-3-4-5-8-11-14-17(22-21)15-12-9-6-7-10-13-16-18(19)20/h8,11-12,15,17,21H,2-7,9-10,13-14,16H2,1H3,(H,19,20). The maximum atomic E-state index is 10.3. The van der Waals surface area contributed by atoms with Gasteiger partial charge in [-0.05, 0) is 38.5 Å². The number of hydrogen-bond donors (Lipinski definition) is 2. The SMILES string of the molecule is CCCCCC=CCC(C=CCCCCCCC(=O)O)OO. The Morgan fingerprint density at radius 2 is 1.68 bits per heavy atom. The molecule has 0 fully saturated rings. The van der Waals surface area contributed by atoms with Crippen molar-refractivity contribution >= 4 is 5.97 Å². The van der Waals surface area contributed by atoms with Crippen molar-refractivity contribution in [3.05, 3.63) is 24.3 Å². The summed E-state index contributed by atoms with van der Waals surface area (Å²) in [5.74, 6) is -0.717. The highest BCUT2D eigenvalue weighted by atomic mass is 17.1. The van der Waals surface area contributed by atoms with E-state index in [1.165, 1.54) is 19.3 Å². The van der Waals surface area contributed by atoms with Crippen LogP contribution in [0.2, 0.25) is 0 Å². The minimum Gasteiger partial charge on any atom is -0.481 e. The van der Waals surface area contributed by atoms with Gasteiger partial charge in [0.1, 0.15) is 6.10 Å². The van der Waals surface area contributed by atoms with Crippen molar-refractivity contribution in [2.45, 2.75) is 83.7 Å². The summed E-state index contributed by atoms with van der Waals surface area (Å²) in [4.78, 5) is 14.8. The predicted molar refractivity (Wildman–Crippen MR) is 89.9 cm³/mol. The molecule has 0 aromatic heterocycles. The lowest BCUT2D eigenvalue weighted by atomic mass is 10.1. The molecule has 0 radical (unpaired) electrons. The zero-order valence-corrected chi connectivity index (χ0v) is 13.9. The van der Waals surface area contributed by atoms with E-state index in [-0.39, 0.29) is 12.5 Å². The second-order valence-corrected chi connectivity index (χ2v) is 5.62. The molecule has 0 aliphatic rings. The molecule has 0 saturated carbocycles. The van der Waals surface area contributed by atoms with Crippen LogP contribution in [0, 0.1) is 0 Å². The Bertz CT molecular complexity index is 310. The number of aliphatic carboxylic acids is 1. The normalized spacial score (nSPS) is 13.2. The maximum Gasteiger partial charge on any atom is 0.303 e. The average Bonchev–Trinajstić information content (AvgIpc) is 2.50. The van der Waals surface area contributed by atoms with Gasteiger partial charge in [0.05, 0.1) is 0 Å². The van der Waals surface area contributed by atoms with Crippen molar-refractivity contribution in [2.24, 2.45) is 0 Å². The summed E-state index contributed by atoms with van der Waals surface area (Å²) in [5.41, 5.74) is 0. The molecule has 0 rings (SSSR count). The van der Waals surface area contributed by atoms with E-state index in [4.69, 9.17) is 10.4 Å². The molecule has 4 nitrogen and oxygen atoms in total. The van der Waals surface area contributed by atoms with Gasteiger partial charge in [0.2, 0.25) is 0 Å². The molecule has 22 heavy (non-hydrogen) atoms. The zero-order valence-electron chi connectivity index (χ0n) is 13.9. The van der Waals surface area contributed by atoms with Crippen molar-refractivity contribution in [1.82, 2.24) is 0 Å². The van der Waals surface area contributed by atoms with E-state index in [1.807, 2.05) is 12.2 Å². The van der Waals surface area contributed by atoms with Crippen LogP contribution in [-0.4, -0.2) is 22.4 Å². The summed E-state index contributed by atoms with van der Waals surface area (Å²) in [5, 5.41) is 17.4. The minimum atomic E-state index is -0.717. The minimum absolute atomic E-state index is 0.265. The third-order valence-electron chi connectivity index (χ3n) is 3.51. The molecule has 1 atom stereocenters. The first kappa shape index (κ1) is 20.9. The van der Waals surface area contributed by atoms with Crippen LogP contribution in [-0.2, 0) is 9.68 Å². The molecule has 0 spiro atoms. The molecule has 0 aromatic carbocycles. The van der Waals surface area contributed by atoms with Gasteiger partial charge in [-0.15, -0.1) is 0 Å². The first-order valence-corrected chi connectivity index (χ1v) is 8.54. The second kappa shape index (κ2) is 16.2. The van der Waals surface area contributed by atoms with Crippen molar-refractivity contribution in [2.75, 3.05) is 0 Å². The van der Waals surface area contributed by atoms with Crippen LogP contribution in [0.15, 0.2) is 24.3 Å². The lowest BCUT2D eigenvalue weighted by Crippen LogP contribution is -2.05. The Morgan fingerprint density at radius 3 is 2.36 bits per heavy atom. The van der Waals surface area contributed by atoms with Gasteiger partial charge in [-0.1, -0.05) is 56.9 Å². The maximum absolute atomic E-state index is 10.3. The molecule has 1 unspecified atom stereocenters. The molecular formula is C18H32O4. The lowest BCUT2D eigenvalue weighted by molar-refractivity contribution is -0.264. The van der Waals surface area contributed by atoms with Gasteiger partial charge >= 0.3 is 5.97 Å². The van der Waals surface area contributed by atoms with Gasteiger partial charge < -0.3 is 5.11 Å². The molecule has 2 N–H and O–H groups in total. The first-order valence-electron chi connectivity index (χ1n) is 8.54. The Balaban J connectivity index is 3.59. The van der Waals surface area contributed by atoms with E-state index in [1.54, 1.807) is 0 Å². The number of allylic oxidation sites excluding steroid dienone is 2. The molecule has 4 heteroatoms. The highest BCUT2D eigenvalue weighted by molar-refractivity contribution is 5.66. The van der Waals surface area contributed by atoms with Gasteiger partial charge in [0.25, 0.3) is 0 Å². The molecule has 0 aromatic rings. The van der Waals surface area contributed by atoms with E-state index in [0.717, 1.165) is 38.5 Å². The summed E-state index contributed by atoms with van der Waals surface area (Å²) in [7, 11) is 0. The topological polar surface area (TPSA) is 66.8 Å². The highest BCUT2D eigenvalue weighted by Gasteiger charge is 2.01. The smallest absolute Gasteiger partial charge is 0.303 e. The fraction of sp³-hybridized carbons (Fsp3) is 0.722. The van der Waals surface area contributed by atoms with Crippen molar-refractivity contribution in [3.8, 4) is 0 Å². The molecule has 0 bridgehead atoms. The Kier molecular flexibility index (Phi) is 15.4. The van der Waals surface area contributed by atoms with Gasteiger partial charge in [0, 0.05) is 6.42 Å². The summed E-state index contributed by atoms with van der Waals surface area (Å²) >= 11 is 0. The second-order valence-electron chi connectivity index (χ2n) is 5.62. The number of rotatable bonds is 15. The van der Waals surface area contributed by atoms with E-state index >= 15 is 0 Å². The summed E-state index contributed by atoms with van der Waals surface area (Å²) in [6.07, 6.45) is 18.4. The third kappa shape index (κ3) is 15.3. The number of carboxylic acid groups (broad SMARTS) is 1. The van der Waals surface area contributed by atoms with Crippen LogP contribution in [0.25, 0.3) is 0 Å². The van der Waals surface area contributed by atoms with Crippen LogP contribution < -0.4 is 0 Å². The van der Waals surface area contributed by atoms with Crippen LogP contribution in [0.4, 0.5) is 0 Å². The van der Waals surface area contributed by atoms with Crippen LogP contribution >= 0.6 is 0 Å². The van der Waals surface area contributed by atoms with Crippen molar-refractivity contribution < 1.29 is 20.0 Å². The third-order valence-corrected chi connectivity index (χ3v) is 3.51. The molecule has 0 aliphatic carbocycles. The Labute approximate surface area is 134 Å². The summed E-state index contributed by atoms with van der Waals surface area (Å²) in [6, 6.07) is 0. The van der Waals surface area contributed by atoms with E-state index in [0.29, 0.717) is 6.42 Å². The molecule has 0 aliphatic heterocycles.